The van der Waals surface area contributed by atoms with Crippen LogP contribution in [0.1, 0.15) is 6.42 Å². The fraction of sp³-hybridized carbons (Fsp3) is 0.700. The van der Waals surface area contributed by atoms with E-state index in [1.165, 1.54) is 0 Å². The summed E-state index contributed by atoms with van der Waals surface area (Å²) in [6, 6.07) is -2.85. The van der Waals surface area contributed by atoms with Crippen molar-refractivity contribution in [2.75, 3.05) is 26.4 Å². The van der Waals surface area contributed by atoms with E-state index in [4.69, 9.17) is 20.7 Å². The number of morpholine rings is 1. The van der Waals surface area contributed by atoms with Crippen LogP contribution in [0.3, 0.4) is 0 Å². The standard InChI is InChI=1S/C10H17N3O6/c11-8(15)7-5-19-4-2-13(7)10(18)12-6(1-3-14)9(16)17/h6-7,14H,1-5H2,(H2,11,15)(H,12,18)(H,16,17). The van der Waals surface area contributed by atoms with Crippen molar-refractivity contribution < 1.29 is 29.3 Å². The van der Waals surface area contributed by atoms with Crippen LogP contribution in [0.5, 0.6) is 0 Å². The van der Waals surface area contributed by atoms with Crippen LogP contribution < -0.4 is 11.1 Å². The Labute approximate surface area is 109 Å². The fourth-order valence-electron chi connectivity index (χ4n) is 1.70. The molecule has 0 aliphatic carbocycles. The molecule has 1 saturated heterocycles. The molecule has 1 aliphatic heterocycles. The van der Waals surface area contributed by atoms with Gasteiger partial charge in [0, 0.05) is 19.6 Å². The minimum atomic E-state index is -1.26. The highest BCUT2D eigenvalue weighted by Gasteiger charge is 2.33. The van der Waals surface area contributed by atoms with E-state index in [2.05, 4.69) is 5.32 Å². The Morgan fingerprint density at radius 3 is 2.68 bits per heavy atom. The van der Waals surface area contributed by atoms with Gasteiger partial charge in [0.25, 0.3) is 0 Å². The number of nitrogens with two attached hydrogens (primary N) is 1. The number of aliphatic hydroxyl groups excluding tert-OH is 1. The van der Waals surface area contributed by atoms with E-state index in [-0.39, 0.29) is 32.8 Å². The highest BCUT2D eigenvalue weighted by molar-refractivity contribution is 5.88. The monoisotopic (exact) mass is 275 g/mol. The van der Waals surface area contributed by atoms with Crippen molar-refractivity contribution in [3.63, 3.8) is 0 Å². The molecular formula is C10H17N3O6. The summed E-state index contributed by atoms with van der Waals surface area (Å²) in [4.78, 5) is 35.1. The second-order valence-corrected chi connectivity index (χ2v) is 4.04. The van der Waals surface area contributed by atoms with Gasteiger partial charge in [-0.2, -0.15) is 0 Å². The molecule has 0 spiro atoms. The van der Waals surface area contributed by atoms with E-state index in [1.54, 1.807) is 0 Å². The highest BCUT2D eigenvalue weighted by atomic mass is 16.5. The van der Waals surface area contributed by atoms with E-state index in [1.807, 2.05) is 0 Å². The maximum absolute atomic E-state index is 11.9. The number of hydrogen-bond acceptors (Lipinski definition) is 5. The lowest BCUT2D eigenvalue weighted by Gasteiger charge is -2.34. The zero-order chi connectivity index (χ0) is 14.4. The summed E-state index contributed by atoms with van der Waals surface area (Å²) in [6.45, 7) is -0.0000602. The molecule has 9 heteroatoms. The van der Waals surface area contributed by atoms with Gasteiger partial charge in [0.1, 0.15) is 12.1 Å². The number of carbonyl (C=O) groups excluding carboxylic acids is 2. The zero-order valence-electron chi connectivity index (χ0n) is 10.2. The van der Waals surface area contributed by atoms with Crippen molar-refractivity contribution in [3.8, 4) is 0 Å². The van der Waals surface area contributed by atoms with Gasteiger partial charge in [-0.15, -0.1) is 0 Å². The van der Waals surface area contributed by atoms with Crippen LogP contribution in [0.2, 0.25) is 0 Å². The minimum absolute atomic E-state index is 0.0134. The first-order chi connectivity index (χ1) is 8.97. The van der Waals surface area contributed by atoms with Crippen molar-refractivity contribution in [1.29, 1.82) is 0 Å². The number of hydrogen-bond donors (Lipinski definition) is 4. The Morgan fingerprint density at radius 1 is 1.47 bits per heavy atom. The maximum atomic E-state index is 11.9. The lowest BCUT2D eigenvalue weighted by atomic mass is 10.2. The summed E-state index contributed by atoms with van der Waals surface area (Å²) < 4.78 is 5.04. The van der Waals surface area contributed by atoms with Gasteiger partial charge in [0.15, 0.2) is 0 Å². The van der Waals surface area contributed by atoms with Gasteiger partial charge in [0.2, 0.25) is 5.91 Å². The Kier molecular flexibility index (Phi) is 5.52. The molecule has 0 aromatic carbocycles. The first-order valence-electron chi connectivity index (χ1n) is 5.75. The number of carboxylic acids is 1. The number of nitrogens with zero attached hydrogens (tertiary/aromatic N) is 1. The van der Waals surface area contributed by atoms with Gasteiger partial charge < -0.3 is 30.9 Å². The van der Waals surface area contributed by atoms with Gasteiger partial charge in [-0.1, -0.05) is 0 Å². The Bertz CT molecular complexity index is 361. The first-order valence-corrected chi connectivity index (χ1v) is 5.75. The SMILES string of the molecule is NC(=O)C1COCCN1C(=O)NC(CCO)C(=O)O. The molecule has 19 heavy (non-hydrogen) atoms. The van der Waals surface area contributed by atoms with Crippen LogP contribution in [0.15, 0.2) is 0 Å². The van der Waals surface area contributed by atoms with E-state index in [9.17, 15) is 14.4 Å². The lowest BCUT2D eigenvalue weighted by molar-refractivity contribution is -0.139. The fourth-order valence-corrected chi connectivity index (χ4v) is 1.70. The van der Waals surface area contributed by atoms with E-state index in [0.717, 1.165) is 4.90 Å². The molecule has 9 nitrogen and oxygen atoms in total. The van der Waals surface area contributed by atoms with Crippen LogP contribution in [-0.4, -0.2) is 71.5 Å². The van der Waals surface area contributed by atoms with Crippen molar-refractivity contribution in [1.82, 2.24) is 10.2 Å². The number of carbonyl (C=O) groups is 3. The second kappa shape index (κ2) is 6.90. The first kappa shape index (κ1) is 15.2. The molecule has 1 rings (SSSR count). The number of aliphatic carboxylic acids is 1. The Hall–Kier alpha value is -1.87. The minimum Gasteiger partial charge on any atom is -0.480 e. The van der Waals surface area contributed by atoms with Crippen molar-refractivity contribution in [3.05, 3.63) is 0 Å². The van der Waals surface area contributed by atoms with E-state index < -0.39 is 30.0 Å². The molecule has 5 N–H and O–H groups in total. The van der Waals surface area contributed by atoms with Crippen molar-refractivity contribution >= 4 is 17.9 Å². The summed E-state index contributed by atoms with van der Waals surface area (Å²) >= 11 is 0. The summed E-state index contributed by atoms with van der Waals surface area (Å²) in [5.74, 6) is -1.98. The molecule has 2 unspecified atom stereocenters. The molecule has 0 aromatic rings. The molecule has 108 valence electrons. The quantitative estimate of drug-likeness (QED) is 0.445. The number of aliphatic hydroxyl groups is 1. The zero-order valence-corrected chi connectivity index (χ0v) is 10.2. The van der Waals surface area contributed by atoms with Gasteiger partial charge in [0.05, 0.1) is 13.2 Å². The smallest absolute Gasteiger partial charge is 0.326 e. The third-order valence-corrected chi connectivity index (χ3v) is 2.73. The lowest BCUT2D eigenvalue weighted by Crippen LogP contribution is -2.59. The molecule has 2 atom stereocenters. The van der Waals surface area contributed by atoms with Gasteiger partial charge in [-0.05, 0) is 0 Å². The maximum Gasteiger partial charge on any atom is 0.326 e. The number of rotatable bonds is 5. The molecule has 0 aromatic heterocycles. The number of amides is 3. The number of nitrogens with one attached hydrogen (secondary N) is 1. The number of urea groups is 1. The molecule has 1 heterocycles. The van der Waals surface area contributed by atoms with E-state index in [0.29, 0.717) is 0 Å². The van der Waals surface area contributed by atoms with Crippen LogP contribution in [0, 0.1) is 0 Å². The number of primary amides is 1. The van der Waals surface area contributed by atoms with E-state index >= 15 is 0 Å². The molecule has 0 bridgehead atoms. The average molecular weight is 275 g/mol. The van der Waals surface area contributed by atoms with Crippen LogP contribution >= 0.6 is 0 Å². The summed E-state index contributed by atoms with van der Waals surface area (Å²) in [6.07, 6.45) is -0.118. The molecule has 0 radical (unpaired) electrons. The van der Waals surface area contributed by atoms with Gasteiger partial charge >= 0.3 is 12.0 Å². The number of ether oxygens (including phenoxy) is 1. The summed E-state index contributed by atoms with van der Waals surface area (Å²) in [5, 5.41) is 19.8. The third-order valence-electron chi connectivity index (χ3n) is 2.73. The summed E-state index contributed by atoms with van der Waals surface area (Å²) in [7, 11) is 0. The molecular weight excluding hydrogens is 258 g/mol. The van der Waals surface area contributed by atoms with Crippen molar-refractivity contribution in [2.24, 2.45) is 5.73 Å². The molecule has 1 aliphatic rings. The van der Waals surface area contributed by atoms with Gasteiger partial charge in [-0.25, -0.2) is 9.59 Å². The van der Waals surface area contributed by atoms with Crippen LogP contribution in [0.25, 0.3) is 0 Å². The van der Waals surface area contributed by atoms with Crippen molar-refractivity contribution in [2.45, 2.75) is 18.5 Å². The van der Waals surface area contributed by atoms with Crippen LogP contribution in [0.4, 0.5) is 4.79 Å². The molecule has 3 amide bonds. The predicted octanol–water partition coefficient (Wildman–Crippen LogP) is -2.28. The summed E-state index contributed by atoms with van der Waals surface area (Å²) in [5.41, 5.74) is 5.15. The molecule has 1 fully saturated rings. The highest BCUT2D eigenvalue weighted by Crippen LogP contribution is 2.07. The predicted molar refractivity (Wildman–Crippen MR) is 62.2 cm³/mol. The van der Waals surface area contributed by atoms with Gasteiger partial charge in [-0.3, -0.25) is 4.79 Å². The van der Waals surface area contributed by atoms with Crippen LogP contribution in [-0.2, 0) is 14.3 Å². The Balaban J connectivity index is 2.68. The third kappa shape index (κ3) is 4.07. The second-order valence-electron chi connectivity index (χ2n) is 4.04. The number of carboxylic acid groups (broad SMARTS) is 1. The Morgan fingerprint density at radius 2 is 2.16 bits per heavy atom. The topological polar surface area (TPSA) is 142 Å². The largest absolute Gasteiger partial charge is 0.480 e. The normalized spacial score (nSPS) is 20.7. The average Bonchev–Trinajstić information content (AvgIpc) is 2.37. The molecule has 0 saturated carbocycles.